The lowest BCUT2D eigenvalue weighted by atomic mass is 9.64. The molecule has 0 saturated carbocycles. The third-order valence-corrected chi connectivity index (χ3v) is 7.54. The van der Waals surface area contributed by atoms with Gasteiger partial charge in [-0.05, 0) is 50.5 Å². The number of esters is 2. The maximum Gasteiger partial charge on any atom is 0.311 e. The van der Waals surface area contributed by atoms with Crippen LogP contribution in [0.15, 0.2) is 23.8 Å². The molecule has 174 valence electrons. The Morgan fingerprint density at radius 2 is 1.94 bits per heavy atom. The Kier molecular flexibility index (Phi) is 7.32. The van der Waals surface area contributed by atoms with Gasteiger partial charge in [0.05, 0.1) is 24.0 Å². The lowest BCUT2D eigenvalue weighted by Gasteiger charge is -2.46. The Bertz CT molecular complexity index is 738. The van der Waals surface area contributed by atoms with E-state index >= 15 is 0 Å². The summed E-state index contributed by atoms with van der Waals surface area (Å²) in [7, 11) is 0. The van der Waals surface area contributed by atoms with Crippen LogP contribution in [-0.4, -0.2) is 46.6 Å². The van der Waals surface area contributed by atoms with E-state index in [1.54, 1.807) is 0 Å². The highest BCUT2D eigenvalue weighted by Crippen LogP contribution is 2.45. The lowest BCUT2D eigenvalue weighted by Crippen LogP contribution is -2.50. The van der Waals surface area contributed by atoms with Crippen LogP contribution in [-0.2, 0) is 19.1 Å². The maximum atomic E-state index is 12.9. The largest absolute Gasteiger partial charge is 0.462 e. The molecule has 0 amide bonds. The van der Waals surface area contributed by atoms with E-state index < -0.39 is 23.7 Å². The number of rotatable bonds is 6. The summed E-state index contributed by atoms with van der Waals surface area (Å²) in [4.78, 5) is 24.6. The van der Waals surface area contributed by atoms with E-state index in [4.69, 9.17) is 9.47 Å². The molecule has 0 aromatic carbocycles. The molecule has 3 rings (SSSR count). The van der Waals surface area contributed by atoms with Gasteiger partial charge in [0.25, 0.3) is 0 Å². The van der Waals surface area contributed by atoms with Crippen molar-refractivity contribution in [2.45, 2.75) is 91.1 Å². The topological polar surface area (TPSA) is 93.1 Å². The first-order valence-electron chi connectivity index (χ1n) is 11.7. The SMILES string of the molecule is CCC(C)(C)C(=O)O[C@@H]1C2C(=C[C@H](C)[C@@H]1O)C=C[C@H](C)[C@@H]2CC[C@@H]1C[C@@H](O)CC(=O)O1. The molecule has 0 bridgehead atoms. The molecule has 0 aromatic rings. The zero-order chi connectivity index (χ0) is 22.9. The minimum atomic E-state index is -0.763. The molecular formula is C25H38O6. The van der Waals surface area contributed by atoms with Crippen LogP contribution in [0.2, 0.25) is 0 Å². The van der Waals surface area contributed by atoms with Crippen LogP contribution in [0.1, 0.15) is 66.7 Å². The van der Waals surface area contributed by atoms with Gasteiger partial charge in [0.15, 0.2) is 0 Å². The van der Waals surface area contributed by atoms with Crippen molar-refractivity contribution >= 4 is 11.9 Å². The molecule has 2 aliphatic carbocycles. The Balaban J connectivity index is 1.81. The van der Waals surface area contributed by atoms with Gasteiger partial charge in [0.2, 0.25) is 0 Å². The van der Waals surface area contributed by atoms with Gasteiger partial charge in [-0.25, -0.2) is 0 Å². The Labute approximate surface area is 185 Å². The number of fused-ring (bicyclic) bond motifs is 1. The second-order valence-corrected chi connectivity index (χ2v) is 10.3. The number of carbonyl (C=O) groups excluding carboxylic acids is 2. The fourth-order valence-electron chi connectivity index (χ4n) is 5.03. The summed E-state index contributed by atoms with van der Waals surface area (Å²) in [5, 5.41) is 20.9. The molecule has 0 aromatic heterocycles. The highest BCUT2D eigenvalue weighted by Gasteiger charge is 2.47. The fourth-order valence-corrected chi connectivity index (χ4v) is 5.03. The first-order valence-corrected chi connectivity index (χ1v) is 11.7. The van der Waals surface area contributed by atoms with Gasteiger partial charge in [-0.1, -0.05) is 39.0 Å². The number of hydrogen-bond donors (Lipinski definition) is 2. The van der Waals surface area contributed by atoms with Gasteiger partial charge >= 0.3 is 11.9 Å². The number of aliphatic hydroxyl groups excluding tert-OH is 2. The quantitative estimate of drug-likeness (QED) is 0.621. The molecule has 1 fully saturated rings. The first-order chi connectivity index (χ1) is 14.5. The normalized spacial score (nSPS) is 38.2. The minimum Gasteiger partial charge on any atom is -0.462 e. The average Bonchev–Trinajstić information content (AvgIpc) is 2.70. The molecule has 0 radical (unpaired) electrons. The van der Waals surface area contributed by atoms with Crippen molar-refractivity contribution in [2.75, 3.05) is 0 Å². The number of ether oxygens (including phenoxy) is 2. The Hall–Kier alpha value is -1.66. The molecule has 1 saturated heterocycles. The van der Waals surface area contributed by atoms with Crippen LogP contribution in [0.4, 0.5) is 0 Å². The van der Waals surface area contributed by atoms with E-state index in [0.717, 1.165) is 12.0 Å². The van der Waals surface area contributed by atoms with Gasteiger partial charge in [0, 0.05) is 18.3 Å². The molecule has 2 N–H and O–H groups in total. The molecular weight excluding hydrogens is 396 g/mol. The van der Waals surface area contributed by atoms with Crippen LogP contribution in [0.5, 0.6) is 0 Å². The summed E-state index contributed by atoms with van der Waals surface area (Å²) in [6.45, 7) is 9.78. The van der Waals surface area contributed by atoms with E-state index in [-0.39, 0.29) is 48.1 Å². The minimum absolute atomic E-state index is 0.0594. The van der Waals surface area contributed by atoms with Crippen molar-refractivity contribution in [2.24, 2.45) is 29.1 Å². The molecule has 6 heteroatoms. The molecule has 8 atom stereocenters. The predicted octanol–water partition coefficient (Wildman–Crippen LogP) is 3.56. The molecule has 0 spiro atoms. The highest BCUT2D eigenvalue weighted by molar-refractivity contribution is 5.76. The molecule has 1 aliphatic heterocycles. The smallest absolute Gasteiger partial charge is 0.311 e. The summed E-state index contributed by atoms with van der Waals surface area (Å²) >= 11 is 0. The zero-order valence-electron chi connectivity index (χ0n) is 19.4. The third kappa shape index (κ3) is 5.23. The van der Waals surface area contributed by atoms with E-state index in [1.807, 2.05) is 27.7 Å². The fraction of sp³-hybridized carbons (Fsp3) is 0.760. The highest BCUT2D eigenvalue weighted by atomic mass is 16.6. The summed E-state index contributed by atoms with van der Waals surface area (Å²) in [6.07, 6.45) is 6.62. The van der Waals surface area contributed by atoms with Crippen molar-refractivity contribution in [3.05, 3.63) is 23.8 Å². The van der Waals surface area contributed by atoms with Gasteiger partial charge in [-0.15, -0.1) is 0 Å². The summed E-state index contributed by atoms with van der Waals surface area (Å²) in [5.74, 6) is -0.478. The van der Waals surface area contributed by atoms with Gasteiger partial charge in [-0.3, -0.25) is 9.59 Å². The van der Waals surface area contributed by atoms with Crippen molar-refractivity contribution in [1.82, 2.24) is 0 Å². The summed E-state index contributed by atoms with van der Waals surface area (Å²) < 4.78 is 11.5. The van der Waals surface area contributed by atoms with E-state index in [9.17, 15) is 19.8 Å². The van der Waals surface area contributed by atoms with Crippen molar-refractivity contribution in [3.8, 4) is 0 Å². The van der Waals surface area contributed by atoms with Crippen LogP contribution >= 0.6 is 0 Å². The second-order valence-electron chi connectivity index (χ2n) is 10.3. The predicted molar refractivity (Wildman–Crippen MR) is 117 cm³/mol. The van der Waals surface area contributed by atoms with Gasteiger partial charge in [0.1, 0.15) is 12.2 Å². The summed E-state index contributed by atoms with van der Waals surface area (Å²) in [5.41, 5.74) is 0.496. The number of hydrogen-bond acceptors (Lipinski definition) is 6. The number of aliphatic hydroxyl groups is 2. The summed E-state index contributed by atoms with van der Waals surface area (Å²) in [6, 6.07) is 0. The lowest BCUT2D eigenvalue weighted by molar-refractivity contribution is -0.174. The van der Waals surface area contributed by atoms with E-state index in [2.05, 4.69) is 25.2 Å². The Morgan fingerprint density at radius 3 is 2.58 bits per heavy atom. The van der Waals surface area contributed by atoms with Gasteiger partial charge in [-0.2, -0.15) is 0 Å². The van der Waals surface area contributed by atoms with E-state index in [0.29, 0.717) is 19.3 Å². The second kappa shape index (κ2) is 9.45. The number of cyclic esters (lactones) is 1. The van der Waals surface area contributed by atoms with Crippen LogP contribution in [0.25, 0.3) is 0 Å². The standard InChI is InChI=1S/C25H38O6/c1-6-25(4,5)24(29)31-23-21-16(11-15(3)22(23)28)8-7-14(2)19(21)10-9-18-12-17(26)13-20(27)30-18/h7-8,11,14-15,17-19,21-23,26,28H,6,9-10,12-13H2,1-5H3/t14-,15-,17+,18+,19-,21?,22-,23+/m0/s1. The first kappa shape index (κ1) is 24.0. The molecule has 6 nitrogen and oxygen atoms in total. The monoisotopic (exact) mass is 434 g/mol. The molecule has 1 unspecified atom stereocenters. The number of allylic oxidation sites excluding steroid dienone is 2. The van der Waals surface area contributed by atoms with Gasteiger partial charge < -0.3 is 19.7 Å². The maximum absolute atomic E-state index is 12.9. The Morgan fingerprint density at radius 1 is 1.23 bits per heavy atom. The van der Waals surface area contributed by atoms with Crippen molar-refractivity contribution in [3.63, 3.8) is 0 Å². The molecule has 3 aliphatic rings. The molecule has 1 heterocycles. The van der Waals surface area contributed by atoms with Crippen molar-refractivity contribution < 1.29 is 29.3 Å². The molecule has 31 heavy (non-hydrogen) atoms. The van der Waals surface area contributed by atoms with Crippen molar-refractivity contribution in [1.29, 1.82) is 0 Å². The van der Waals surface area contributed by atoms with Crippen LogP contribution < -0.4 is 0 Å². The zero-order valence-corrected chi connectivity index (χ0v) is 19.4. The number of carbonyl (C=O) groups is 2. The average molecular weight is 435 g/mol. The van der Waals surface area contributed by atoms with Crippen LogP contribution in [0, 0.1) is 29.1 Å². The van der Waals surface area contributed by atoms with E-state index in [1.165, 1.54) is 0 Å². The third-order valence-electron chi connectivity index (χ3n) is 7.54. The van der Waals surface area contributed by atoms with Crippen LogP contribution in [0.3, 0.4) is 0 Å².